The average molecular weight is 526 g/mol. The van der Waals surface area contributed by atoms with Gasteiger partial charge in [0.1, 0.15) is 0 Å². The molecule has 3 heterocycles. The lowest BCUT2D eigenvalue weighted by atomic mass is 9.82. The van der Waals surface area contributed by atoms with Gasteiger partial charge in [-0.05, 0) is 79.6 Å². The number of benzene rings is 2. The number of halogens is 3. The van der Waals surface area contributed by atoms with Gasteiger partial charge < -0.3 is 5.11 Å². The van der Waals surface area contributed by atoms with Crippen molar-refractivity contribution in [2.75, 3.05) is 13.1 Å². The number of pyridine rings is 1. The van der Waals surface area contributed by atoms with Crippen molar-refractivity contribution in [3.63, 3.8) is 0 Å². The Kier molecular flexibility index (Phi) is 6.77. The second-order valence-electron chi connectivity index (χ2n) is 10.5. The van der Waals surface area contributed by atoms with Gasteiger partial charge in [0.2, 0.25) is 11.8 Å². The summed E-state index contributed by atoms with van der Waals surface area (Å²) in [6.07, 6.45) is -2.65. The van der Waals surface area contributed by atoms with Crippen LogP contribution in [-0.4, -0.2) is 39.9 Å². The van der Waals surface area contributed by atoms with Gasteiger partial charge in [-0.1, -0.05) is 18.2 Å². The molecule has 0 saturated carbocycles. The molecule has 0 radical (unpaired) electrons. The van der Waals surface area contributed by atoms with E-state index in [9.17, 15) is 27.9 Å². The van der Waals surface area contributed by atoms with E-state index in [1.165, 1.54) is 12.1 Å². The molecule has 6 nitrogen and oxygen atoms in total. The van der Waals surface area contributed by atoms with E-state index in [-0.39, 0.29) is 18.2 Å². The minimum atomic E-state index is -4.35. The second kappa shape index (κ2) is 9.78. The third kappa shape index (κ3) is 5.05. The highest BCUT2D eigenvalue weighted by Gasteiger charge is 2.36. The smallest absolute Gasteiger partial charge is 0.385 e. The van der Waals surface area contributed by atoms with Crippen LogP contribution in [0.5, 0.6) is 0 Å². The maximum absolute atomic E-state index is 12.8. The van der Waals surface area contributed by atoms with Crippen LogP contribution in [-0.2, 0) is 27.9 Å². The number of piperidine rings is 2. The maximum Gasteiger partial charge on any atom is 0.416 e. The number of nitrogens with zero attached hydrogens (tertiary/aromatic N) is 2. The monoisotopic (exact) mass is 525 g/mol. The largest absolute Gasteiger partial charge is 0.416 e. The zero-order valence-corrected chi connectivity index (χ0v) is 21.4. The number of aromatic nitrogens is 1. The second-order valence-corrected chi connectivity index (χ2v) is 10.5. The lowest BCUT2D eigenvalue weighted by Crippen LogP contribution is -2.42. The summed E-state index contributed by atoms with van der Waals surface area (Å²) in [7, 11) is 0. The van der Waals surface area contributed by atoms with Crippen LogP contribution in [0.4, 0.5) is 13.2 Å². The van der Waals surface area contributed by atoms with Crippen LogP contribution in [0.25, 0.3) is 10.9 Å². The molecular formula is C29H30F3N3O3. The van der Waals surface area contributed by atoms with E-state index in [1.54, 1.807) is 0 Å². The maximum atomic E-state index is 12.8. The predicted octanol–water partition coefficient (Wildman–Crippen LogP) is 4.87. The minimum absolute atomic E-state index is 0.260. The lowest BCUT2D eigenvalue weighted by molar-refractivity contribution is -0.138. The molecule has 2 fully saturated rings. The van der Waals surface area contributed by atoms with Crippen molar-refractivity contribution in [3.05, 3.63) is 76.0 Å². The van der Waals surface area contributed by atoms with Crippen molar-refractivity contribution in [3.8, 4) is 0 Å². The Morgan fingerprint density at radius 2 is 1.76 bits per heavy atom. The first-order chi connectivity index (χ1) is 17.9. The molecule has 2 aromatic carbocycles. The fourth-order valence-electron chi connectivity index (χ4n) is 5.79. The van der Waals surface area contributed by atoms with Crippen LogP contribution in [0.15, 0.2) is 42.5 Å². The van der Waals surface area contributed by atoms with Gasteiger partial charge in [-0.25, -0.2) is 0 Å². The molecule has 1 unspecified atom stereocenters. The quantitative estimate of drug-likeness (QED) is 0.475. The van der Waals surface area contributed by atoms with Gasteiger partial charge in [0.05, 0.1) is 22.6 Å². The Bertz CT molecular complexity index is 1390. The van der Waals surface area contributed by atoms with Crippen LogP contribution >= 0.6 is 0 Å². The Balaban J connectivity index is 1.34. The molecule has 2 N–H and O–H groups in total. The number of amides is 2. The summed E-state index contributed by atoms with van der Waals surface area (Å²) in [6, 6.07) is 11.0. The van der Waals surface area contributed by atoms with Crippen LogP contribution in [0.2, 0.25) is 0 Å². The minimum Gasteiger partial charge on any atom is -0.385 e. The Morgan fingerprint density at radius 1 is 1.08 bits per heavy atom. The molecule has 2 aliphatic rings. The molecule has 2 aliphatic heterocycles. The molecule has 2 amide bonds. The van der Waals surface area contributed by atoms with Gasteiger partial charge in [0.25, 0.3) is 0 Å². The molecular weight excluding hydrogens is 495 g/mol. The van der Waals surface area contributed by atoms with E-state index in [4.69, 9.17) is 4.98 Å². The van der Waals surface area contributed by atoms with Crippen molar-refractivity contribution in [1.82, 2.24) is 15.2 Å². The van der Waals surface area contributed by atoms with Crippen LogP contribution in [0, 0.1) is 13.8 Å². The van der Waals surface area contributed by atoms with Gasteiger partial charge in [-0.15, -0.1) is 0 Å². The summed E-state index contributed by atoms with van der Waals surface area (Å²) in [5, 5.41) is 14.9. The van der Waals surface area contributed by atoms with E-state index >= 15 is 0 Å². The third-order valence-electron chi connectivity index (χ3n) is 7.98. The first-order valence-electron chi connectivity index (χ1n) is 12.8. The summed E-state index contributed by atoms with van der Waals surface area (Å²) >= 11 is 0. The van der Waals surface area contributed by atoms with Crippen LogP contribution < -0.4 is 5.32 Å². The van der Waals surface area contributed by atoms with E-state index in [0.717, 1.165) is 51.0 Å². The zero-order valence-electron chi connectivity index (χ0n) is 21.4. The fraction of sp³-hybridized carbons (Fsp3) is 0.414. The number of aryl methyl sites for hydroxylation is 2. The highest BCUT2D eigenvalue weighted by atomic mass is 19.4. The van der Waals surface area contributed by atoms with E-state index in [1.807, 2.05) is 32.0 Å². The highest BCUT2D eigenvalue weighted by Crippen LogP contribution is 2.38. The fourth-order valence-corrected chi connectivity index (χ4v) is 5.79. The number of aliphatic hydroxyl groups is 1. The standard InChI is InChI=1S/C29H30F3N3O3/c1-17-23-15-21(7-9-24(23)33-18(2)26(17)22-8-10-25(36)34-27(22)37)28(38)11-13-35(14-12-28)16-19-3-5-20(6-4-19)29(30,31)32/h3-7,9,15,22,38H,8,10-14,16H2,1-2H3,(H,34,36,37). The molecule has 38 heavy (non-hydrogen) atoms. The molecule has 200 valence electrons. The Morgan fingerprint density at radius 3 is 2.39 bits per heavy atom. The van der Waals surface area contributed by atoms with Gasteiger partial charge in [0.15, 0.2) is 0 Å². The van der Waals surface area contributed by atoms with Crippen molar-refractivity contribution in [1.29, 1.82) is 0 Å². The molecule has 0 bridgehead atoms. The van der Waals surface area contributed by atoms with Gasteiger partial charge in [-0.2, -0.15) is 13.2 Å². The molecule has 5 rings (SSSR count). The van der Waals surface area contributed by atoms with E-state index in [0.29, 0.717) is 38.9 Å². The number of likely N-dealkylation sites (tertiary alicyclic amines) is 1. The molecule has 1 aromatic heterocycles. The van der Waals surface area contributed by atoms with E-state index < -0.39 is 23.3 Å². The Labute approximate surface area is 218 Å². The summed E-state index contributed by atoms with van der Waals surface area (Å²) in [6.45, 7) is 5.55. The number of nitrogens with one attached hydrogen (secondary N) is 1. The highest BCUT2D eigenvalue weighted by molar-refractivity contribution is 6.01. The van der Waals surface area contributed by atoms with Crippen LogP contribution in [0.3, 0.4) is 0 Å². The summed E-state index contributed by atoms with van der Waals surface area (Å²) in [4.78, 5) is 31.1. The number of rotatable bonds is 4. The number of carbonyl (C=O) groups excluding carboxylic acids is 2. The van der Waals surface area contributed by atoms with E-state index in [2.05, 4.69) is 10.2 Å². The molecule has 3 aromatic rings. The number of hydrogen-bond acceptors (Lipinski definition) is 5. The Hall–Kier alpha value is -3.30. The molecule has 0 spiro atoms. The molecule has 1 atom stereocenters. The van der Waals surface area contributed by atoms with Gasteiger partial charge in [0, 0.05) is 37.1 Å². The number of fused-ring (bicyclic) bond motifs is 1. The van der Waals surface area contributed by atoms with Crippen molar-refractivity contribution >= 4 is 22.7 Å². The molecule has 2 saturated heterocycles. The van der Waals surface area contributed by atoms with Crippen molar-refractivity contribution < 1.29 is 27.9 Å². The average Bonchev–Trinajstić information content (AvgIpc) is 2.86. The summed E-state index contributed by atoms with van der Waals surface area (Å²) in [5.41, 5.74) is 3.17. The third-order valence-corrected chi connectivity index (χ3v) is 7.98. The topological polar surface area (TPSA) is 82.5 Å². The van der Waals surface area contributed by atoms with Gasteiger partial charge >= 0.3 is 6.18 Å². The number of imide groups is 1. The van der Waals surface area contributed by atoms with Gasteiger partial charge in [-0.3, -0.25) is 24.8 Å². The summed E-state index contributed by atoms with van der Waals surface area (Å²) < 4.78 is 38.5. The SMILES string of the molecule is Cc1nc2ccc(C3(O)CCN(Cc4ccc(C(F)(F)F)cc4)CC3)cc2c(C)c1C1CCC(=O)NC1=O. The molecule has 0 aliphatic carbocycles. The first-order valence-corrected chi connectivity index (χ1v) is 12.8. The van der Waals surface area contributed by atoms with Crippen molar-refractivity contribution in [2.24, 2.45) is 0 Å². The van der Waals surface area contributed by atoms with Crippen LogP contribution in [0.1, 0.15) is 65.1 Å². The number of carbonyl (C=O) groups is 2. The lowest BCUT2D eigenvalue weighted by Gasteiger charge is -2.38. The first kappa shape index (κ1) is 26.3. The van der Waals surface area contributed by atoms with Crippen molar-refractivity contribution in [2.45, 2.75) is 63.8 Å². The normalized spacial score (nSPS) is 20.5. The summed E-state index contributed by atoms with van der Waals surface area (Å²) in [5.74, 6) is -1.00. The predicted molar refractivity (Wildman–Crippen MR) is 136 cm³/mol. The zero-order chi connectivity index (χ0) is 27.2. The number of hydrogen-bond donors (Lipinski definition) is 2. The molecule has 9 heteroatoms. The number of alkyl halides is 3.